The third-order valence-electron chi connectivity index (χ3n) is 4.54. The predicted octanol–water partition coefficient (Wildman–Crippen LogP) is 1.29. The molecular weight excluding hydrogens is 352 g/mol. The van der Waals surface area contributed by atoms with Crippen LogP contribution in [0.5, 0.6) is 0 Å². The van der Waals surface area contributed by atoms with Crippen molar-refractivity contribution >= 4 is 16.0 Å². The maximum atomic E-state index is 12.7. The van der Waals surface area contributed by atoms with E-state index in [4.69, 9.17) is 4.74 Å². The number of ether oxygens (including phenoxy) is 1. The summed E-state index contributed by atoms with van der Waals surface area (Å²) in [5.41, 5.74) is 0. The first-order valence-electron chi connectivity index (χ1n) is 8.98. The van der Waals surface area contributed by atoms with Crippen LogP contribution >= 0.6 is 0 Å². The number of hydrogen-bond acceptors (Lipinski definition) is 4. The molecule has 1 unspecified atom stereocenters. The molecule has 1 atom stereocenters. The zero-order valence-corrected chi connectivity index (χ0v) is 16.6. The van der Waals surface area contributed by atoms with Gasteiger partial charge in [-0.1, -0.05) is 18.2 Å². The fourth-order valence-electron chi connectivity index (χ4n) is 3.06. The number of hydrogen-bond donors (Lipinski definition) is 2. The fourth-order valence-corrected chi connectivity index (χ4v) is 4.55. The lowest BCUT2D eigenvalue weighted by Gasteiger charge is -2.31. The molecule has 1 aliphatic heterocycles. The van der Waals surface area contributed by atoms with Crippen LogP contribution in [0.1, 0.15) is 19.8 Å². The number of benzene rings is 1. The highest BCUT2D eigenvalue weighted by Crippen LogP contribution is 2.23. The second-order valence-corrected chi connectivity index (χ2v) is 8.55. The first-order valence-corrected chi connectivity index (χ1v) is 10.4. The van der Waals surface area contributed by atoms with Crippen molar-refractivity contribution < 1.29 is 13.2 Å². The van der Waals surface area contributed by atoms with Crippen LogP contribution in [-0.4, -0.2) is 65.1 Å². The van der Waals surface area contributed by atoms with E-state index in [2.05, 4.69) is 15.6 Å². The molecule has 0 amide bonds. The first-order chi connectivity index (χ1) is 12.5. The second kappa shape index (κ2) is 9.89. The van der Waals surface area contributed by atoms with E-state index in [1.807, 2.05) is 13.0 Å². The predicted molar refractivity (Wildman–Crippen MR) is 104 cm³/mol. The molecule has 1 heterocycles. The Morgan fingerprint density at radius 3 is 2.54 bits per heavy atom. The Kier molecular flexibility index (Phi) is 7.86. The van der Waals surface area contributed by atoms with Gasteiger partial charge in [-0.25, -0.2) is 8.42 Å². The number of methoxy groups -OCH3 is 1. The third-order valence-corrected chi connectivity index (χ3v) is 6.45. The van der Waals surface area contributed by atoms with E-state index in [0.29, 0.717) is 30.5 Å². The molecule has 0 aromatic heterocycles. The summed E-state index contributed by atoms with van der Waals surface area (Å²) < 4.78 is 32.0. The van der Waals surface area contributed by atoms with Crippen molar-refractivity contribution in [2.24, 2.45) is 10.9 Å². The summed E-state index contributed by atoms with van der Waals surface area (Å²) in [5.74, 6) is 1.17. The largest absolute Gasteiger partial charge is 0.383 e. The van der Waals surface area contributed by atoms with Crippen molar-refractivity contribution in [1.82, 2.24) is 14.9 Å². The van der Waals surface area contributed by atoms with Crippen molar-refractivity contribution in [2.75, 3.05) is 40.4 Å². The molecule has 7 nitrogen and oxygen atoms in total. The zero-order chi connectivity index (χ0) is 19.0. The molecule has 26 heavy (non-hydrogen) atoms. The highest BCUT2D eigenvalue weighted by molar-refractivity contribution is 7.89. The first kappa shape index (κ1) is 20.7. The normalized spacial score (nSPS) is 18.5. The van der Waals surface area contributed by atoms with Crippen LogP contribution in [0.15, 0.2) is 40.2 Å². The minimum atomic E-state index is -3.38. The van der Waals surface area contributed by atoms with E-state index in [0.717, 1.165) is 25.3 Å². The molecule has 0 saturated carbocycles. The van der Waals surface area contributed by atoms with Crippen molar-refractivity contribution in [3.63, 3.8) is 0 Å². The quantitative estimate of drug-likeness (QED) is 0.548. The van der Waals surface area contributed by atoms with Crippen LogP contribution in [0.4, 0.5) is 0 Å². The molecule has 1 saturated heterocycles. The lowest BCUT2D eigenvalue weighted by Crippen LogP contribution is -2.47. The van der Waals surface area contributed by atoms with Crippen molar-refractivity contribution in [2.45, 2.75) is 30.7 Å². The molecule has 1 fully saturated rings. The molecule has 2 N–H and O–H groups in total. The Hall–Kier alpha value is -1.64. The maximum absolute atomic E-state index is 12.7. The number of sulfonamides is 1. The monoisotopic (exact) mass is 382 g/mol. The Balaban J connectivity index is 1.81. The maximum Gasteiger partial charge on any atom is 0.243 e. The molecule has 0 spiro atoms. The van der Waals surface area contributed by atoms with Crippen molar-refractivity contribution in [3.05, 3.63) is 30.3 Å². The van der Waals surface area contributed by atoms with Gasteiger partial charge in [0.25, 0.3) is 0 Å². The molecule has 8 heteroatoms. The van der Waals surface area contributed by atoms with Crippen molar-refractivity contribution in [1.29, 1.82) is 0 Å². The molecule has 0 radical (unpaired) electrons. The average Bonchev–Trinajstić information content (AvgIpc) is 2.66. The number of aliphatic imine (C=N–C) groups is 1. The molecule has 1 aliphatic rings. The Morgan fingerprint density at radius 1 is 1.31 bits per heavy atom. The van der Waals surface area contributed by atoms with Gasteiger partial charge in [-0.2, -0.15) is 4.31 Å². The van der Waals surface area contributed by atoms with Crippen LogP contribution in [0, 0.1) is 5.92 Å². The van der Waals surface area contributed by atoms with E-state index in [1.165, 1.54) is 0 Å². The van der Waals surface area contributed by atoms with Gasteiger partial charge in [0.1, 0.15) is 0 Å². The van der Waals surface area contributed by atoms with Crippen LogP contribution in [0.3, 0.4) is 0 Å². The summed E-state index contributed by atoms with van der Waals surface area (Å²) in [6.45, 7) is 4.52. The van der Waals surface area contributed by atoms with Gasteiger partial charge in [-0.05, 0) is 37.8 Å². The molecule has 0 bridgehead atoms. The standard InChI is InChI=1S/C18H30N4O3S/c1-15(14-25-3)21-18(19-2)20-13-16-9-11-22(12-10-16)26(23,24)17-7-5-4-6-8-17/h4-8,15-16H,9-14H2,1-3H3,(H2,19,20,21). The van der Waals surface area contributed by atoms with Gasteiger partial charge >= 0.3 is 0 Å². The Labute approximate surface area is 156 Å². The Morgan fingerprint density at radius 2 is 1.96 bits per heavy atom. The van der Waals surface area contributed by atoms with Crippen LogP contribution in [0.25, 0.3) is 0 Å². The van der Waals surface area contributed by atoms with Gasteiger partial charge in [-0.15, -0.1) is 0 Å². The van der Waals surface area contributed by atoms with E-state index in [1.54, 1.807) is 42.7 Å². The highest BCUT2D eigenvalue weighted by atomic mass is 32.2. The summed E-state index contributed by atoms with van der Waals surface area (Å²) in [5, 5.41) is 6.60. The van der Waals surface area contributed by atoms with Gasteiger partial charge in [0.15, 0.2) is 5.96 Å². The SMILES string of the molecule is CN=C(NCC1CCN(S(=O)(=O)c2ccccc2)CC1)NC(C)COC. The number of rotatable bonds is 7. The second-order valence-electron chi connectivity index (χ2n) is 6.61. The number of nitrogens with one attached hydrogen (secondary N) is 2. The van der Waals surface area contributed by atoms with Crippen LogP contribution in [0.2, 0.25) is 0 Å². The summed E-state index contributed by atoms with van der Waals surface area (Å²) >= 11 is 0. The van der Waals surface area contributed by atoms with Gasteiger partial charge in [0.05, 0.1) is 11.5 Å². The fraction of sp³-hybridized carbons (Fsp3) is 0.611. The van der Waals surface area contributed by atoms with E-state index >= 15 is 0 Å². The minimum absolute atomic E-state index is 0.170. The van der Waals surface area contributed by atoms with Gasteiger partial charge in [-0.3, -0.25) is 4.99 Å². The average molecular weight is 383 g/mol. The highest BCUT2D eigenvalue weighted by Gasteiger charge is 2.29. The van der Waals surface area contributed by atoms with E-state index < -0.39 is 10.0 Å². The minimum Gasteiger partial charge on any atom is -0.383 e. The molecule has 146 valence electrons. The summed E-state index contributed by atoms with van der Waals surface area (Å²) in [6, 6.07) is 8.81. The van der Waals surface area contributed by atoms with Gasteiger partial charge in [0, 0.05) is 39.8 Å². The summed E-state index contributed by atoms with van der Waals surface area (Å²) in [7, 11) is 0.0316. The van der Waals surface area contributed by atoms with Crippen LogP contribution in [-0.2, 0) is 14.8 Å². The number of piperidine rings is 1. The van der Waals surface area contributed by atoms with E-state index in [-0.39, 0.29) is 6.04 Å². The topological polar surface area (TPSA) is 83.0 Å². The smallest absolute Gasteiger partial charge is 0.243 e. The molecule has 0 aliphatic carbocycles. The molecule has 1 aromatic carbocycles. The number of nitrogens with zero attached hydrogens (tertiary/aromatic N) is 2. The molecule has 1 aromatic rings. The lowest BCUT2D eigenvalue weighted by molar-refractivity contribution is 0.179. The van der Waals surface area contributed by atoms with Gasteiger partial charge < -0.3 is 15.4 Å². The summed E-state index contributed by atoms with van der Waals surface area (Å²) in [6.07, 6.45) is 1.67. The van der Waals surface area contributed by atoms with Crippen LogP contribution < -0.4 is 10.6 Å². The van der Waals surface area contributed by atoms with E-state index in [9.17, 15) is 8.42 Å². The molecular formula is C18H30N4O3S. The van der Waals surface area contributed by atoms with Crippen molar-refractivity contribution in [3.8, 4) is 0 Å². The zero-order valence-electron chi connectivity index (χ0n) is 15.8. The number of guanidine groups is 1. The molecule has 2 rings (SSSR count). The Bertz CT molecular complexity index is 671. The van der Waals surface area contributed by atoms with Gasteiger partial charge in [0.2, 0.25) is 10.0 Å². The lowest BCUT2D eigenvalue weighted by atomic mass is 9.98. The third kappa shape index (κ3) is 5.69. The summed E-state index contributed by atoms with van der Waals surface area (Å²) in [4.78, 5) is 4.59.